The number of benzene rings is 1. The van der Waals surface area contributed by atoms with Gasteiger partial charge < -0.3 is 15.2 Å². The van der Waals surface area contributed by atoms with Crippen molar-refractivity contribution in [1.29, 1.82) is 0 Å². The molecule has 116 valence electrons. The van der Waals surface area contributed by atoms with Gasteiger partial charge in [0.2, 0.25) is 0 Å². The topological polar surface area (TPSA) is 65.2 Å². The van der Waals surface area contributed by atoms with Gasteiger partial charge in [-0.05, 0) is 37.7 Å². The van der Waals surface area contributed by atoms with Crippen LogP contribution in [0.5, 0.6) is 0 Å². The number of hydrogen-bond acceptors (Lipinski definition) is 3. The van der Waals surface area contributed by atoms with Crippen LogP contribution in [0.2, 0.25) is 0 Å². The zero-order chi connectivity index (χ0) is 15.8. The summed E-state index contributed by atoms with van der Waals surface area (Å²) in [6.45, 7) is 2.31. The molecular formula is C17H21N3O2. The molecule has 22 heavy (non-hydrogen) atoms. The van der Waals surface area contributed by atoms with Gasteiger partial charge in [-0.15, -0.1) is 0 Å². The molecule has 1 heterocycles. The van der Waals surface area contributed by atoms with E-state index in [0.717, 1.165) is 19.5 Å². The van der Waals surface area contributed by atoms with Crippen molar-refractivity contribution in [3.8, 4) is 0 Å². The molecule has 1 aromatic carbocycles. The Hall–Kier alpha value is -2.40. The summed E-state index contributed by atoms with van der Waals surface area (Å²) in [4.78, 5) is 28.0. The molecule has 1 amide bonds. The molecule has 2 N–H and O–H groups in total. The van der Waals surface area contributed by atoms with Crippen molar-refractivity contribution in [2.75, 3.05) is 20.1 Å². The van der Waals surface area contributed by atoms with Crippen LogP contribution in [0, 0.1) is 0 Å². The molecule has 5 heteroatoms. The van der Waals surface area contributed by atoms with E-state index in [2.05, 4.69) is 34.4 Å². The lowest BCUT2D eigenvalue weighted by atomic mass is 10.2. The summed E-state index contributed by atoms with van der Waals surface area (Å²) in [6, 6.07) is 13.4. The molecule has 0 aliphatic rings. The Labute approximate surface area is 130 Å². The minimum absolute atomic E-state index is 0.153. The normalized spacial score (nSPS) is 10.6. The number of pyridine rings is 1. The van der Waals surface area contributed by atoms with E-state index in [0.29, 0.717) is 6.54 Å². The second-order valence-corrected chi connectivity index (χ2v) is 5.25. The number of amides is 1. The number of nitrogens with zero attached hydrogens (tertiary/aromatic N) is 1. The van der Waals surface area contributed by atoms with Gasteiger partial charge in [-0.1, -0.05) is 30.3 Å². The van der Waals surface area contributed by atoms with Gasteiger partial charge in [0.15, 0.2) is 0 Å². The highest BCUT2D eigenvalue weighted by molar-refractivity contribution is 5.93. The predicted octanol–water partition coefficient (Wildman–Crippen LogP) is 1.63. The fourth-order valence-corrected chi connectivity index (χ4v) is 2.22. The van der Waals surface area contributed by atoms with Gasteiger partial charge in [0.25, 0.3) is 11.5 Å². The van der Waals surface area contributed by atoms with Gasteiger partial charge in [-0.2, -0.15) is 0 Å². The standard InChI is InChI=1S/C17H21N3O2/c1-20(13-14-7-3-2-4-8-14)12-6-11-19-17(22)15-9-5-10-18-16(15)21/h2-5,7-10H,6,11-13H2,1H3,(H,18,21)(H,19,22). The molecule has 0 aliphatic carbocycles. The highest BCUT2D eigenvalue weighted by Crippen LogP contribution is 2.02. The van der Waals surface area contributed by atoms with E-state index in [1.165, 1.54) is 17.8 Å². The third-order valence-corrected chi connectivity index (χ3v) is 3.36. The summed E-state index contributed by atoms with van der Waals surface area (Å²) in [5.41, 5.74) is 1.06. The Balaban J connectivity index is 1.70. The number of aromatic amines is 1. The number of carbonyl (C=O) groups is 1. The van der Waals surface area contributed by atoms with Gasteiger partial charge in [-0.25, -0.2) is 0 Å². The molecule has 0 radical (unpaired) electrons. The van der Waals surface area contributed by atoms with E-state index in [-0.39, 0.29) is 17.0 Å². The maximum Gasteiger partial charge on any atom is 0.260 e. The molecule has 2 aromatic rings. The van der Waals surface area contributed by atoms with Gasteiger partial charge in [0.1, 0.15) is 5.56 Å². The Morgan fingerprint density at radius 3 is 2.68 bits per heavy atom. The number of aromatic nitrogens is 1. The van der Waals surface area contributed by atoms with Crippen LogP contribution in [0.1, 0.15) is 22.3 Å². The van der Waals surface area contributed by atoms with Crippen LogP contribution in [-0.4, -0.2) is 35.9 Å². The molecule has 0 saturated carbocycles. The van der Waals surface area contributed by atoms with Crippen molar-refractivity contribution in [3.05, 3.63) is 70.1 Å². The third-order valence-electron chi connectivity index (χ3n) is 3.36. The first-order valence-corrected chi connectivity index (χ1v) is 7.35. The number of nitrogens with one attached hydrogen (secondary N) is 2. The van der Waals surface area contributed by atoms with Crippen LogP contribution in [-0.2, 0) is 6.54 Å². The Kier molecular flexibility index (Phi) is 5.91. The molecule has 0 saturated heterocycles. The second-order valence-electron chi connectivity index (χ2n) is 5.25. The average Bonchev–Trinajstić information content (AvgIpc) is 2.53. The zero-order valence-corrected chi connectivity index (χ0v) is 12.7. The van der Waals surface area contributed by atoms with Crippen LogP contribution in [0.3, 0.4) is 0 Å². The molecule has 0 spiro atoms. The predicted molar refractivity (Wildman–Crippen MR) is 86.8 cm³/mol. The molecule has 2 rings (SSSR count). The van der Waals surface area contributed by atoms with Crippen molar-refractivity contribution >= 4 is 5.91 Å². The molecule has 1 aromatic heterocycles. The first-order valence-electron chi connectivity index (χ1n) is 7.35. The highest BCUT2D eigenvalue weighted by atomic mass is 16.2. The van der Waals surface area contributed by atoms with E-state index in [1.807, 2.05) is 18.2 Å². The van der Waals surface area contributed by atoms with Gasteiger partial charge in [-0.3, -0.25) is 9.59 Å². The second kappa shape index (κ2) is 8.14. The molecule has 5 nitrogen and oxygen atoms in total. The molecule has 0 aliphatic heterocycles. The van der Waals surface area contributed by atoms with E-state index in [1.54, 1.807) is 6.07 Å². The zero-order valence-electron chi connectivity index (χ0n) is 12.7. The highest BCUT2D eigenvalue weighted by Gasteiger charge is 2.08. The number of carbonyl (C=O) groups excluding carboxylic acids is 1. The van der Waals surface area contributed by atoms with Crippen LogP contribution in [0.4, 0.5) is 0 Å². The summed E-state index contributed by atoms with van der Waals surface area (Å²) in [6.07, 6.45) is 2.34. The lowest BCUT2D eigenvalue weighted by Crippen LogP contribution is -2.31. The molecular weight excluding hydrogens is 278 g/mol. The van der Waals surface area contributed by atoms with Crippen molar-refractivity contribution in [2.24, 2.45) is 0 Å². The summed E-state index contributed by atoms with van der Waals surface area (Å²) in [5.74, 6) is -0.326. The van der Waals surface area contributed by atoms with E-state index in [9.17, 15) is 9.59 Å². The fraction of sp³-hybridized carbons (Fsp3) is 0.294. The Morgan fingerprint density at radius 2 is 1.95 bits per heavy atom. The first-order chi connectivity index (χ1) is 10.7. The smallest absolute Gasteiger partial charge is 0.260 e. The van der Waals surface area contributed by atoms with Gasteiger partial charge in [0.05, 0.1) is 0 Å². The van der Waals surface area contributed by atoms with Crippen molar-refractivity contribution in [2.45, 2.75) is 13.0 Å². The lowest BCUT2D eigenvalue weighted by molar-refractivity contribution is 0.0950. The summed E-state index contributed by atoms with van der Waals surface area (Å²) < 4.78 is 0. The lowest BCUT2D eigenvalue weighted by Gasteiger charge is -2.16. The monoisotopic (exact) mass is 299 g/mol. The minimum Gasteiger partial charge on any atom is -0.352 e. The maximum absolute atomic E-state index is 11.9. The molecule has 0 fully saturated rings. The summed E-state index contributed by atoms with van der Waals surface area (Å²) >= 11 is 0. The van der Waals surface area contributed by atoms with Crippen LogP contribution in [0.25, 0.3) is 0 Å². The van der Waals surface area contributed by atoms with E-state index < -0.39 is 0 Å². The van der Waals surface area contributed by atoms with Crippen LogP contribution >= 0.6 is 0 Å². The number of rotatable bonds is 7. The van der Waals surface area contributed by atoms with E-state index >= 15 is 0 Å². The first kappa shape index (κ1) is 16.0. The SMILES string of the molecule is CN(CCCNC(=O)c1ccc[nH]c1=O)Cc1ccccc1. The Bertz CT molecular complexity index is 652. The van der Waals surface area contributed by atoms with Gasteiger partial charge in [0, 0.05) is 19.3 Å². The molecule has 0 atom stereocenters. The van der Waals surface area contributed by atoms with Crippen molar-refractivity contribution in [1.82, 2.24) is 15.2 Å². The van der Waals surface area contributed by atoms with Gasteiger partial charge >= 0.3 is 0 Å². The maximum atomic E-state index is 11.9. The third kappa shape index (κ3) is 4.86. The summed E-state index contributed by atoms with van der Waals surface area (Å²) in [5, 5.41) is 2.77. The van der Waals surface area contributed by atoms with E-state index in [4.69, 9.17) is 0 Å². The minimum atomic E-state index is -0.360. The van der Waals surface area contributed by atoms with Crippen molar-refractivity contribution in [3.63, 3.8) is 0 Å². The Morgan fingerprint density at radius 1 is 1.18 bits per heavy atom. The summed E-state index contributed by atoms with van der Waals surface area (Å²) in [7, 11) is 2.05. The van der Waals surface area contributed by atoms with Crippen LogP contribution < -0.4 is 10.9 Å². The average molecular weight is 299 g/mol. The molecule has 0 bridgehead atoms. The fourth-order valence-electron chi connectivity index (χ4n) is 2.22. The largest absolute Gasteiger partial charge is 0.352 e. The quantitative estimate of drug-likeness (QED) is 0.764. The number of H-pyrrole nitrogens is 1. The number of hydrogen-bond donors (Lipinski definition) is 2. The van der Waals surface area contributed by atoms with Crippen molar-refractivity contribution < 1.29 is 4.79 Å². The molecule has 0 unspecified atom stereocenters. The van der Waals surface area contributed by atoms with Crippen LogP contribution in [0.15, 0.2) is 53.5 Å².